The highest BCUT2D eigenvalue weighted by molar-refractivity contribution is 5.73. The summed E-state index contributed by atoms with van der Waals surface area (Å²) in [6, 6.07) is 0. The van der Waals surface area contributed by atoms with Crippen molar-refractivity contribution >= 4 is 5.97 Å². The van der Waals surface area contributed by atoms with Gasteiger partial charge in [0, 0.05) is 5.92 Å². The number of rotatable bonds is 6. The van der Waals surface area contributed by atoms with Crippen molar-refractivity contribution in [2.45, 2.75) is 53.0 Å². The highest BCUT2D eigenvalue weighted by Gasteiger charge is 2.30. The molecule has 0 radical (unpaired) electrons. The predicted molar refractivity (Wildman–Crippen MR) is 62.6 cm³/mol. The third-order valence-electron chi connectivity index (χ3n) is 3.03. The van der Waals surface area contributed by atoms with E-state index in [2.05, 4.69) is 29.4 Å². The normalized spacial score (nSPS) is 12.1. The fourth-order valence-electron chi connectivity index (χ4n) is 1.71. The van der Waals surface area contributed by atoms with E-state index in [-0.39, 0.29) is 5.92 Å². The Morgan fingerprint density at radius 3 is 2.47 bits per heavy atom. The van der Waals surface area contributed by atoms with Crippen LogP contribution in [0, 0.1) is 5.41 Å². The molecule has 6 heteroatoms. The molecule has 6 nitrogen and oxygen atoms in total. The minimum atomic E-state index is -0.865. The number of aromatic nitrogens is 4. The second-order valence-electron chi connectivity index (χ2n) is 4.90. The van der Waals surface area contributed by atoms with Crippen molar-refractivity contribution in [3.05, 3.63) is 5.82 Å². The van der Waals surface area contributed by atoms with E-state index in [4.69, 9.17) is 5.11 Å². The quantitative estimate of drug-likeness (QED) is 0.818. The number of hydrogen-bond acceptors (Lipinski definition) is 4. The molecule has 0 aliphatic carbocycles. The van der Waals surface area contributed by atoms with Gasteiger partial charge in [0.15, 0.2) is 5.82 Å². The lowest BCUT2D eigenvalue weighted by Crippen LogP contribution is -2.30. The summed E-state index contributed by atoms with van der Waals surface area (Å²) in [5, 5.41) is 20.7. The molecule has 1 rings (SSSR count). The lowest BCUT2D eigenvalue weighted by atomic mass is 9.93. The third kappa shape index (κ3) is 3.01. The van der Waals surface area contributed by atoms with Crippen molar-refractivity contribution in [3.8, 4) is 0 Å². The Morgan fingerprint density at radius 2 is 2.00 bits per heavy atom. The van der Waals surface area contributed by atoms with Crippen molar-refractivity contribution in [1.82, 2.24) is 20.2 Å². The van der Waals surface area contributed by atoms with Gasteiger partial charge in [-0.1, -0.05) is 13.8 Å². The first-order chi connectivity index (χ1) is 7.92. The van der Waals surface area contributed by atoms with Crippen molar-refractivity contribution in [1.29, 1.82) is 0 Å². The number of carbonyl (C=O) groups is 1. The van der Waals surface area contributed by atoms with Crippen LogP contribution in [0.3, 0.4) is 0 Å². The molecule has 1 heterocycles. The molecule has 1 aromatic heterocycles. The van der Waals surface area contributed by atoms with Crippen LogP contribution in [0.15, 0.2) is 0 Å². The van der Waals surface area contributed by atoms with Gasteiger partial charge >= 0.3 is 5.97 Å². The molecule has 0 atom stereocenters. The van der Waals surface area contributed by atoms with Gasteiger partial charge in [-0.05, 0) is 37.1 Å². The number of hydrogen-bond donors (Lipinski definition) is 1. The molecule has 0 fully saturated rings. The summed E-state index contributed by atoms with van der Waals surface area (Å²) < 4.78 is 1.62. The first kappa shape index (κ1) is 13.6. The molecular weight excluding hydrogens is 220 g/mol. The van der Waals surface area contributed by atoms with Crippen LogP contribution < -0.4 is 0 Å². The first-order valence-corrected chi connectivity index (χ1v) is 5.91. The van der Waals surface area contributed by atoms with E-state index in [9.17, 15) is 4.79 Å². The summed E-state index contributed by atoms with van der Waals surface area (Å²) in [4.78, 5) is 11.1. The van der Waals surface area contributed by atoms with Gasteiger partial charge in [-0.15, -0.1) is 5.10 Å². The Hall–Kier alpha value is -1.46. The lowest BCUT2D eigenvalue weighted by molar-refractivity contribution is -0.147. The maximum Gasteiger partial charge on any atom is 0.310 e. The van der Waals surface area contributed by atoms with E-state index in [1.165, 1.54) is 0 Å². The van der Waals surface area contributed by atoms with Gasteiger partial charge in [-0.25, -0.2) is 4.68 Å². The van der Waals surface area contributed by atoms with E-state index in [0.29, 0.717) is 6.54 Å². The molecule has 17 heavy (non-hydrogen) atoms. The second-order valence-corrected chi connectivity index (χ2v) is 4.90. The van der Waals surface area contributed by atoms with Gasteiger partial charge in [-0.3, -0.25) is 4.79 Å². The summed E-state index contributed by atoms with van der Waals surface area (Å²) in [6.07, 6.45) is 1.90. The van der Waals surface area contributed by atoms with Crippen LogP contribution in [-0.4, -0.2) is 31.3 Å². The SMILES string of the molecule is CCC(CC)c1nnnn1CC(C)(C)C(=O)O. The molecule has 0 unspecified atom stereocenters. The summed E-state index contributed by atoms with van der Waals surface area (Å²) in [5.74, 6) is 0.224. The fourth-order valence-corrected chi connectivity index (χ4v) is 1.71. The number of tetrazole rings is 1. The van der Waals surface area contributed by atoms with Crippen molar-refractivity contribution in [3.63, 3.8) is 0 Å². The zero-order valence-corrected chi connectivity index (χ0v) is 10.8. The Balaban J connectivity index is 2.93. The molecule has 1 N–H and O–H groups in total. The Morgan fingerprint density at radius 1 is 1.41 bits per heavy atom. The van der Waals surface area contributed by atoms with E-state index in [1.807, 2.05) is 0 Å². The molecule has 0 bridgehead atoms. The molecular formula is C11H20N4O2. The minimum Gasteiger partial charge on any atom is -0.481 e. The monoisotopic (exact) mass is 240 g/mol. The molecule has 0 aliphatic rings. The minimum absolute atomic E-state index is 0.287. The summed E-state index contributed by atoms with van der Waals surface area (Å²) in [6.45, 7) is 7.80. The van der Waals surface area contributed by atoms with Crippen LogP contribution in [0.1, 0.15) is 52.3 Å². The smallest absolute Gasteiger partial charge is 0.310 e. The molecule has 96 valence electrons. The van der Waals surface area contributed by atoms with Crippen LogP contribution in [0.25, 0.3) is 0 Å². The average molecular weight is 240 g/mol. The van der Waals surface area contributed by atoms with Gasteiger partial charge in [0.25, 0.3) is 0 Å². The van der Waals surface area contributed by atoms with Crippen LogP contribution in [0.4, 0.5) is 0 Å². The van der Waals surface area contributed by atoms with Crippen LogP contribution in [0.5, 0.6) is 0 Å². The number of aliphatic carboxylic acids is 1. The van der Waals surface area contributed by atoms with Gasteiger partial charge in [0.1, 0.15) is 0 Å². The molecule has 0 aromatic carbocycles. The second kappa shape index (κ2) is 5.25. The summed E-state index contributed by atoms with van der Waals surface area (Å²) in [5.41, 5.74) is -0.865. The zero-order chi connectivity index (χ0) is 13.1. The van der Waals surface area contributed by atoms with E-state index < -0.39 is 11.4 Å². The zero-order valence-electron chi connectivity index (χ0n) is 10.8. The standard InChI is InChI=1S/C11H20N4O2/c1-5-8(6-2)9-12-13-14-15(9)7-11(3,4)10(16)17/h8H,5-7H2,1-4H3,(H,16,17). The number of nitrogens with zero attached hydrogens (tertiary/aromatic N) is 4. The van der Waals surface area contributed by atoms with Crippen molar-refractivity contribution in [2.75, 3.05) is 0 Å². The molecule has 0 amide bonds. The fraction of sp³-hybridized carbons (Fsp3) is 0.818. The van der Waals surface area contributed by atoms with Crippen molar-refractivity contribution < 1.29 is 9.90 Å². The molecule has 0 saturated carbocycles. The number of carboxylic acid groups (broad SMARTS) is 1. The molecule has 1 aromatic rings. The Kier molecular flexibility index (Phi) is 4.20. The number of carboxylic acids is 1. The molecule has 0 spiro atoms. The third-order valence-corrected chi connectivity index (χ3v) is 3.03. The van der Waals surface area contributed by atoms with Gasteiger partial charge < -0.3 is 5.11 Å². The maximum atomic E-state index is 11.1. The lowest BCUT2D eigenvalue weighted by Gasteiger charge is -2.20. The van der Waals surface area contributed by atoms with E-state index in [0.717, 1.165) is 18.7 Å². The van der Waals surface area contributed by atoms with Crippen molar-refractivity contribution in [2.24, 2.45) is 5.41 Å². The Labute approximate surface area is 101 Å². The van der Waals surface area contributed by atoms with Gasteiger partial charge in [0.05, 0.1) is 12.0 Å². The topological polar surface area (TPSA) is 80.9 Å². The molecule has 0 saturated heterocycles. The average Bonchev–Trinajstić information content (AvgIpc) is 2.67. The van der Waals surface area contributed by atoms with Crippen LogP contribution in [-0.2, 0) is 11.3 Å². The van der Waals surface area contributed by atoms with Gasteiger partial charge in [0.2, 0.25) is 0 Å². The largest absolute Gasteiger partial charge is 0.481 e. The summed E-state index contributed by atoms with van der Waals surface area (Å²) >= 11 is 0. The highest BCUT2D eigenvalue weighted by Crippen LogP contribution is 2.23. The predicted octanol–water partition coefficient (Wildman–Crippen LogP) is 1.69. The summed E-state index contributed by atoms with van der Waals surface area (Å²) in [7, 11) is 0. The molecule has 0 aliphatic heterocycles. The van der Waals surface area contributed by atoms with Crippen LogP contribution >= 0.6 is 0 Å². The van der Waals surface area contributed by atoms with Gasteiger partial charge in [-0.2, -0.15) is 0 Å². The highest BCUT2D eigenvalue weighted by atomic mass is 16.4. The maximum absolute atomic E-state index is 11.1. The first-order valence-electron chi connectivity index (χ1n) is 5.91. The van der Waals surface area contributed by atoms with E-state index >= 15 is 0 Å². The van der Waals surface area contributed by atoms with E-state index in [1.54, 1.807) is 18.5 Å². The van der Waals surface area contributed by atoms with Crippen LogP contribution in [0.2, 0.25) is 0 Å². The Bertz CT molecular complexity index is 383.